The first-order chi connectivity index (χ1) is 8.88. The number of benzene rings is 1. The summed E-state index contributed by atoms with van der Waals surface area (Å²) in [4.78, 5) is 11.1. The van der Waals surface area contributed by atoms with E-state index >= 15 is 0 Å². The number of hydrogen-bond donors (Lipinski definition) is 2. The van der Waals surface area contributed by atoms with Crippen molar-refractivity contribution in [1.29, 1.82) is 0 Å². The summed E-state index contributed by atoms with van der Waals surface area (Å²) in [6.45, 7) is 0. The lowest BCUT2D eigenvalue weighted by atomic mass is 10.2. The number of aryl methyl sites for hydroxylation is 1. The van der Waals surface area contributed by atoms with Gasteiger partial charge >= 0.3 is 0 Å². The van der Waals surface area contributed by atoms with Gasteiger partial charge in [0, 0.05) is 24.5 Å². The van der Waals surface area contributed by atoms with Crippen LogP contribution in [-0.4, -0.2) is 24.1 Å². The van der Waals surface area contributed by atoms with Crippen LogP contribution in [0.3, 0.4) is 0 Å². The van der Waals surface area contributed by atoms with E-state index in [0.29, 0.717) is 0 Å². The SMILES string of the molecule is Cn1cc(S(=O)(=O)Nc2cccc(C(N)=O)c2)cn1. The van der Waals surface area contributed by atoms with Crippen LogP contribution in [0, 0.1) is 0 Å². The molecule has 0 aliphatic heterocycles. The predicted octanol–water partition coefficient (Wildman–Crippen LogP) is 0.320. The van der Waals surface area contributed by atoms with Gasteiger partial charge in [-0.2, -0.15) is 5.10 Å². The number of carbonyl (C=O) groups excluding carboxylic acids is 1. The van der Waals surface area contributed by atoms with E-state index in [1.165, 1.54) is 35.3 Å². The summed E-state index contributed by atoms with van der Waals surface area (Å²) in [6, 6.07) is 5.95. The maximum atomic E-state index is 12.0. The summed E-state index contributed by atoms with van der Waals surface area (Å²) >= 11 is 0. The molecule has 2 rings (SSSR count). The fourth-order valence-corrected chi connectivity index (χ4v) is 2.52. The number of anilines is 1. The van der Waals surface area contributed by atoms with Crippen molar-refractivity contribution in [3.05, 3.63) is 42.2 Å². The second-order valence-electron chi connectivity index (χ2n) is 3.90. The third-order valence-corrected chi connectivity index (χ3v) is 3.73. The molecular weight excluding hydrogens is 268 g/mol. The van der Waals surface area contributed by atoms with Crippen LogP contribution in [0.2, 0.25) is 0 Å². The first-order valence-electron chi connectivity index (χ1n) is 5.30. The van der Waals surface area contributed by atoms with E-state index in [0.717, 1.165) is 0 Å². The van der Waals surface area contributed by atoms with E-state index in [9.17, 15) is 13.2 Å². The normalized spacial score (nSPS) is 11.2. The maximum absolute atomic E-state index is 12.0. The maximum Gasteiger partial charge on any atom is 0.265 e. The Kier molecular flexibility index (Phi) is 3.26. The fourth-order valence-electron chi connectivity index (χ4n) is 1.49. The Morgan fingerprint density at radius 2 is 2.16 bits per heavy atom. The van der Waals surface area contributed by atoms with Crippen LogP contribution >= 0.6 is 0 Å². The molecule has 19 heavy (non-hydrogen) atoms. The molecule has 100 valence electrons. The summed E-state index contributed by atoms with van der Waals surface area (Å²) in [6.07, 6.45) is 2.61. The Bertz CT molecular complexity index is 721. The second kappa shape index (κ2) is 4.73. The van der Waals surface area contributed by atoms with Gasteiger partial charge in [0.05, 0.1) is 6.20 Å². The molecule has 0 unspecified atom stereocenters. The first kappa shape index (κ1) is 13.1. The number of nitrogens with two attached hydrogens (primary N) is 1. The average Bonchev–Trinajstić information content (AvgIpc) is 2.76. The molecule has 0 atom stereocenters. The molecule has 0 fully saturated rings. The lowest BCUT2D eigenvalue weighted by molar-refractivity contribution is 0.100. The molecule has 0 spiro atoms. The minimum atomic E-state index is -3.72. The van der Waals surface area contributed by atoms with E-state index in [4.69, 9.17) is 5.73 Å². The fraction of sp³-hybridized carbons (Fsp3) is 0.0909. The number of rotatable bonds is 4. The molecule has 1 amide bonds. The van der Waals surface area contributed by atoms with E-state index in [-0.39, 0.29) is 16.1 Å². The topological polar surface area (TPSA) is 107 Å². The van der Waals surface area contributed by atoms with Crippen molar-refractivity contribution in [3.63, 3.8) is 0 Å². The number of nitrogens with zero attached hydrogens (tertiary/aromatic N) is 2. The van der Waals surface area contributed by atoms with Crippen molar-refractivity contribution in [1.82, 2.24) is 9.78 Å². The lowest BCUT2D eigenvalue weighted by Gasteiger charge is -2.06. The van der Waals surface area contributed by atoms with Gasteiger partial charge in [-0.1, -0.05) is 6.07 Å². The van der Waals surface area contributed by atoms with Gasteiger partial charge in [-0.15, -0.1) is 0 Å². The van der Waals surface area contributed by atoms with Gasteiger partial charge in [0.25, 0.3) is 10.0 Å². The number of aromatic nitrogens is 2. The van der Waals surface area contributed by atoms with E-state index in [1.54, 1.807) is 13.1 Å². The van der Waals surface area contributed by atoms with Crippen molar-refractivity contribution >= 4 is 21.6 Å². The van der Waals surface area contributed by atoms with Crippen LogP contribution in [0.5, 0.6) is 0 Å². The van der Waals surface area contributed by atoms with Crippen molar-refractivity contribution in [2.24, 2.45) is 12.8 Å². The van der Waals surface area contributed by atoms with Crippen molar-refractivity contribution in [2.45, 2.75) is 4.90 Å². The van der Waals surface area contributed by atoms with Gasteiger partial charge in [-0.05, 0) is 18.2 Å². The van der Waals surface area contributed by atoms with Crippen LogP contribution in [0.1, 0.15) is 10.4 Å². The molecule has 0 aliphatic carbocycles. The highest BCUT2D eigenvalue weighted by atomic mass is 32.2. The van der Waals surface area contributed by atoms with Crippen molar-refractivity contribution in [3.8, 4) is 0 Å². The Balaban J connectivity index is 2.30. The molecule has 7 nitrogen and oxygen atoms in total. The molecule has 0 saturated carbocycles. The molecule has 1 heterocycles. The number of sulfonamides is 1. The summed E-state index contributed by atoms with van der Waals surface area (Å²) in [7, 11) is -2.10. The molecule has 1 aromatic heterocycles. The van der Waals surface area contributed by atoms with Crippen LogP contribution in [0.4, 0.5) is 5.69 Å². The summed E-state index contributed by atoms with van der Waals surface area (Å²) in [5.74, 6) is -0.623. The Hall–Kier alpha value is -2.35. The first-order valence-corrected chi connectivity index (χ1v) is 6.78. The number of carbonyl (C=O) groups is 1. The molecule has 0 aliphatic rings. The molecule has 0 bridgehead atoms. The highest BCUT2D eigenvalue weighted by Gasteiger charge is 2.16. The van der Waals surface area contributed by atoms with Gasteiger partial charge in [0.1, 0.15) is 4.90 Å². The molecule has 0 saturated heterocycles. The Labute approximate surface area is 110 Å². The number of hydrogen-bond acceptors (Lipinski definition) is 4. The van der Waals surface area contributed by atoms with Crippen molar-refractivity contribution < 1.29 is 13.2 Å². The average molecular weight is 280 g/mol. The molecule has 3 N–H and O–H groups in total. The molecular formula is C11H12N4O3S. The largest absolute Gasteiger partial charge is 0.366 e. The number of primary amides is 1. The summed E-state index contributed by atoms with van der Waals surface area (Å²) in [5.41, 5.74) is 5.62. The third kappa shape index (κ3) is 2.91. The van der Waals surface area contributed by atoms with E-state index in [1.807, 2.05) is 0 Å². The highest BCUT2D eigenvalue weighted by Crippen LogP contribution is 2.16. The van der Waals surface area contributed by atoms with Gasteiger partial charge in [-0.3, -0.25) is 14.2 Å². The highest BCUT2D eigenvalue weighted by molar-refractivity contribution is 7.92. The zero-order valence-electron chi connectivity index (χ0n) is 10.1. The number of amides is 1. The van der Waals surface area contributed by atoms with Crippen LogP contribution in [-0.2, 0) is 17.1 Å². The Morgan fingerprint density at radius 3 is 2.74 bits per heavy atom. The Morgan fingerprint density at radius 1 is 1.42 bits per heavy atom. The number of nitrogens with one attached hydrogen (secondary N) is 1. The zero-order valence-corrected chi connectivity index (χ0v) is 10.9. The smallest absolute Gasteiger partial charge is 0.265 e. The van der Waals surface area contributed by atoms with Gasteiger partial charge < -0.3 is 5.73 Å². The van der Waals surface area contributed by atoms with Gasteiger partial charge in [-0.25, -0.2) is 8.42 Å². The molecule has 8 heteroatoms. The molecule has 1 aromatic carbocycles. The third-order valence-electron chi connectivity index (χ3n) is 2.39. The van der Waals surface area contributed by atoms with E-state index < -0.39 is 15.9 Å². The lowest BCUT2D eigenvalue weighted by Crippen LogP contribution is -2.14. The van der Waals surface area contributed by atoms with Crippen LogP contribution < -0.4 is 10.5 Å². The van der Waals surface area contributed by atoms with Crippen LogP contribution in [0.25, 0.3) is 0 Å². The van der Waals surface area contributed by atoms with Gasteiger partial charge in [0.15, 0.2) is 0 Å². The predicted molar refractivity (Wildman–Crippen MR) is 69.0 cm³/mol. The monoisotopic (exact) mass is 280 g/mol. The molecule has 0 radical (unpaired) electrons. The molecule has 2 aromatic rings. The van der Waals surface area contributed by atoms with Crippen molar-refractivity contribution in [2.75, 3.05) is 4.72 Å². The van der Waals surface area contributed by atoms with Gasteiger partial charge in [0.2, 0.25) is 5.91 Å². The summed E-state index contributed by atoms with van der Waals surface area (Å²) < 4.78 is 27.8. The van der Waals surface area contributed by atoms with E-state index in [2.05, 4.69) is 9.82 Å². The standard InChI is InChI=1S/C11H12N4O3S/c1-15-7-10(6-13-15)19(17,18)14-9-4-2-3-8(5-9)11(12)16/h2-7,14H,1H3,(H2,12,16). The minimum absolute atomic E-state index is 0.0412. The quantitative estimate of drug-likeness (QED) is 0.840. The summed E-state index contributed by atoms with van der Waals surface area (Å²) in [5, 5.41) is 3.79. The zero-order chi connectivity index (χ0) is 14.0. The minimum Gasteiger partial charge on any atom is -0.366 e. The second-order valence-corrected chi connectivity index (χ2v) is 5.58. The van der Waals surface area contributed by atoms with Crippen LogP contribution in [0.15, 0.2) is 41.6 Å².